The Morgan fingerprint density at radius 2 is 2.00 bits per heavy atom. The van der Waals surface area contributed by atoms with Crippen LogP contribution in [0.2, 0.25) is 25.2 Å². The summed E-state index contributed by atoms with van der Waals surface area (Å²) in [6.45, 7) is 12.6. The second-order valence-corrected chi connectivity index (χ2v) is 9.72. The van der Waals surface area contributed by atoms with E-state index in [1.807, 2.05) is 0 Å². The van der Waals surface area contributed by atoms with Crippen LogP contribution in [0.5, 0.6) is 0 Å². The van der Waals surface area contributed by atoms with Crippen molar-refractivity contribution in [2.75, 3.05) is 6.61 Å². The van der Waals surface area contributed by atoms with Crippen LogP contribution in [0.15, 0.2) is 12.2 Å². The van der Waals surface area contributed by atoms with Crippen LogP contribution in [0.25, 0.3) is 0 Å². The third-order valence-corrected chi connectivity index (χ3v) is 5.79. The minimum Gasteiger partial charge on any atom is -0.463 e. The van der Waals surface area contributed by atoms with Crippen molar-refractivity contribution in [1.82, 2.24) is 0 Å². The summed E-state index contributed by atoms with van der Waals surface area (Å²) in [5.41, 5.74) is 0.482. The minimum atomic E-state index is -1.09. The molecule has 0 aromatic rings. The molecule has 0 bridgehead atoms. The van der Waals surface area contributed by atoms with Crippen LogP contribution in [0.1, 0.15) is 13.8 Å². The van der Waals surface area contributed by atoms with E-state index in [9.17, 15) is 4.79 Å². The van der Waals surface area contributed by atoms with Crippen molar-refractivity contribution in [1.29, 1.82) is 0 Å². The van der Waals surface area contributed by atoms with Gasteiger partial charge < -0.3 is 4.74 Å². The molecule has 2 nitrogen and oxygen atoms in total. The predicted octanol–water partition coefficient (Wildman–Crippen LogP) is 2.83. The van der Waals surface area contributed by atoms with Gasteiger partial charge in [0.25, 0.3) is 0 Å². The zero-order valence-electron chi connectivity index (χ0n) is 9.14. The average molecular weight is 200 g/mol. The molecule has 0 aromatic heterocycles. The fraction of sp³-hybridized carbons (Fsp3) is 0.700. The van der Waals surface area contributed by atoms with Crippen molar-refractivity contribution < 1.29 is 9.53 Å². The number of ether oxygens (including phenoxy) is 1. The number of carbonyl (C=O) groups is 1. The Hall–Kier alpha value is -0.573. The smallest absolute Gasteiger partial charge is 0.333 e. The lowest BCUT2D eigenvalue weighted by atomic mass is 10.4. The van der Waals surface area contributed by atoms with Gasteiger partial charge in [-0.05, 0) is 13.0 Å². The molecule has 0 saturated carbocycles. The largest absolute Gasteiger partial charge is 0.463 e. The molecule has 0 fully saturated rings. The Kier molecular flexibility index (Phi) is 4.99. The molecule has 0 radical (unpaired) electrons. The van der Waals surface area contributed by atoms with E-state index in [0.717, 1.165) is 6.04 Å². The molecule has 0 rings (SSSR count). The third-order valence-electron chi connectivity index (χ3n) is 2.32. The lowest BCUT2D eigenvalue weighted by Crippen LogP contribution is -2.26. The molecule has 3 heteroatoms. The van der Waals surface area contributed by atoms with Gasteiger partial charge in [-0.1, -0.05) is 32.6 Å². The van der Waals surface area contributed by atoms with Crippen molar-refractivity contribution in [3.63, 3.8) is 0 Å². The molecule has 0 saturated heterocycles. The van der Waals surface area contributed by atoms with Crippen LogP contribution in [0.4, 0.5) is 0 Å². The van der Waals surface area contributed by atoms with Gasteiger partial charge in [0.15, 0.2) is 0 Å². The van der Waals surface area contributed by atoms with E-state index in [0.29, 0.717) is 12.2 Å². The predicted molar refractivity (Wildman–Crippen MR) is 58.5 cm³/mol. The molecule has 0 aromatic carbocycles. The summed E-state index contributed by atoms with van der Waals surface area (Å²) < 4.78 is 5.04. The van der Waals surface area contributed by atoms with E-state index >= 15 is 0 Å². The van der Waals surface area contributed by atoms with Crippen LogP contribution >= 0.6 is 0 Å². The van der Waals surface area contributed by atoms with Crippen LogP contribution < -0.4 is 0 Å². The molecule has 13 heavy (non-hydrogen) atoms. The Labute approximate surface area is 82.0 Å². The number of hydrogen-bond donors (Lipinski definition) is 0. The van der Waals surface area contributed by atoms with Crippen molar-refractivity contribution in [3.8, 4) is 0 Å². The molecule has 0 atom stereocenters. The van der Waals surface area contributed by atoms with Crippen LogP contribution in [0.3, 0.4) is 0 Å². The molecule has 76 valence electrons. The van der Waals surface area contributed by atoms with Gasteiger partial charge in [-0.3, -0.25) is 0 Å². The Bertz CT molecular complexity index is 197. The van der Waals surface area contributed by atoms with Gasteiger partial charge >= 0.3 is 5.97 Å². The van der Waals surface area contributed by atoms with Gasteiger partial charge in [0, 0.05) is 5.57 Å². The fourth-order valence-electron chi connectivity index (χ4n) is 0.720. The second kappa shape index (κ2) is 5.22. The van der Waals surface area contributed by atoms with Crippen molar-refractivity contribution in [2.45, 2.75) is 39.0 Å². The summed E-state index contributed by atoms with van der Waals surface area (Å²) in [6.07, 6.45) is 0. The zero-order valence-corrected chi connectivity index (χ0v) is 10.1. The van der Waals surface area contributed by atoms with Gasteiger partial charge in [0.05, 0.1) is 14.7 Å². The van der Waals surface area contributed by atoms with Crippen LogP contribution in [-0.2, 0) is 9.53 Å². The summed E-state index contributed by atoms with van der Waals surface area (Å²) >= 11 is 0. The van der Waals surface area contributed by atoms with Gasteiger partial charge in [-0.2, -0.15) is 0 Å². The van der Waals surface area contributed by atoms with E-state index in [2.05, 4.69) is 26.6 Å². The maximum absolute atomic E-state index is 11.0. The summed E-state index contributed by atoms with van der Waals surface area (Å²) in [6, 6.07) is 2.28. The second-order valence-electron chi connectivity index (χ2n) is 4.18. The lowest BCUT2D eigenvalue weighted by molar-refractivity contribution is -0.138. The first-order valence-corrected chi connectivity index (χ1v) is 8.13. The highest BCUT2D eigenvalue weighted by Gasteiger charge is 2.18. The van der Waals surface area contributed by atoms with Gasteiger partial charge in [-0.25, -0.2) is 4.79 Å². The highest BCUT2D eigenvalue weighted by Crippen LogP contribution is 2.14. The number of carbonyl (C=O) groups excluding carboxylic acids is 1. The molecule has 0 N–H and O–H groups in total. The highest BCUT2D eigenvalue weighted by molar-refractivity contribution is 6.77. The molecule has 0 amide bonds. The quantitative estimate of drug-likeness (QED) is 0.387. The molecular formula is C10H20O2Si. The Morgan fingerprint density at radius 3 is 2.38 bits per heavy atom. The monoisotopic (exact) mass is 200 g/mol. The summed E-state index contributed by atoms with van der Waals surface area (Å²) in [7, 11) is -1.09. The molecule has 0 aliphatic rings. The maximum Gasteiger partial charge on any atom is 0.333 e. The molecule has 0 spiro atoms. The molecule has 0 unspecified atom stereocenters. The van der Waals surface area contributed by atoms with E-state index in [1.165, 1.54) is 6.04 Å². The Balaban J connectivity index is 3.68. The molecule has 0 aliphatic carbocycles. The fourth-order valence-corrected chi connectivity index (χ4v) is 1.73. The summed E-state index contributed by atoms with van der Waals surface area (Å²) in [4.78, 5) is 11.0. The van der Waals surface area contributed by atoms with Crippen LogP contribution in [-0.4, -0.2) is 20.7 Å². The first kappa shape index (κ1) is 12.4. The van der Waals surface area contributed by atoms with Gasteiger partial charge in [0.1, 0.15) is 0 Å². The maximum atomic E-state index is 11.0. The number of hydrogen-bond acceptors (Lipinski definition) is 2. The van der Waals surface area contributed by atoms with E-state index in [-0.39, 0.29) is 5.97 Å². The molecule has 0 aliphatic heterocycles. The number of esters is 1. The lowest BCUT2D eigenvalue weighted by Gasteiger charge is -2.19. The first-order chi connectivity index (χ1) is 5.89. The molecular weight excluding hydrogens is 180 g/mol. The first-order valence-electron chi connectivity index (χ1n) is 4.71. The standard InChI is InChI=1S/C10H20O2Si/c1-6-13(4,5)8-7-12-10(11)9(2)3/h2,6-8H2,1,3-5H3. The highest BCUT2D eigenvalue weighted by atomic mass is 28.3. The Morgan fingerprint density at radius 1 is 1.46 bits per heavy atom. The van der Waals surface area contributed by atoms with Gasteiger partial charge in [0.2, 0.25) is 0 Å². The number of rotatable bonds is 5. The zero-order chi connectivity index (χ0) is 10.5. The molecule has 0 heterocycles. The van der Waals surface area contributed by atoms with Crippen molar-refractivity contribution in [3.05, 3.63) is 12.2 Å². The topological polar surface area (TPSA) is 26.3 Å². The SMILES string of the molecule is C=C(C)C(=O)OCC[Si](C)(C)CC. The van der Waals surface area contributed by atoms with E-state index in [4.69, 9.17) is 4.74 Å². The van der Waals surface area contributed by atoms with E-state index in [1.54, 1.807) is 6.92 Å². The summed E-state index contributed by atoms with van der Waals surface area (Å²) in [5, 5.41) is 0. The average Bonchev–Trinajstić information content (AvgIpc) is 2.04. The van der Waals surface area contributed by atoms with Gasteiger partial charge in [-0.15, -0.1) is 0 Å². The normalized spacial score (nSPS) is 11.1. The van der Waals surface area contributed by atoms with Crippen LogP contribution in [0, 0.1) is 0 Å². The van der Waals surface area contributed by atoms with Crippen molar-refractivity contribution >= 4 is 14.0 Å². The third kappa shape index (κ3) is 5.63. The van der Waals surface area contributed by atoms with Crippen molar-refractivity contribution in [2.24, 2.45) is 0 Å². The van der Waals surface area contributed by atoms with E-state index < -0.39 is 8.07 Å². The minimum absolute atomic E-state index is 0.263. The summed E-state index contributed by atoms with van der Waals surface area (Å²) in [5.74, 6) is -0.263.